The van der Waals surface area contributed by atoms with Gasteiger partial charge in [0.05, 0.1) is 28.9 Å². The molecule has 0 spiro atoms. The van der Waals surface area contributed by atoms with Gasteiger partial charge in [-0.25, -0.2) is 4.98 Å². The fourth-order valence-corrected chi connectivity index (χ4v) is 4.93. The minimum Gasteiger partial charge on any atom is -0.282 e. The van der Waals surface area contributed by atoms with Crippen LogP contribution in [0.1, 0.15) is 23.7 Å². The van der Waals surface area contributed by atoms with Crippen molar-refractivity contribution < 1.29 is 4.79 Å². The molecule has 0 unspecified atom stereocenters. The Morgan fingerprint density at radius 1 is 1.10 bits per heavy atom. The highest BCUT2D eigenvalue weighted by Gasteiger charge is 2.21. The smallest absolute Gasteiger partial charge is 0.233 e. The zero-order chi connectivity index (χ0) is 20.9. The summed E-state index contributed by atoms with van der Waals surface area (Å²) >= 11 is 3.35. The van der Waals surface area contributed by atoms with Crippen LogP contribution in [0.25, 0.3) is 10.2 Å². The first kappa shape index (κ1) is 20.6. The predicted octanol–water partition coefficient (Wildman–Crippen LogP) is 5.89. The summed E-state index contributed by atoms with van der Waals surface area (Å²) in [7, 11) is 0. The molecular weight excluding hydrogens is 410 g/mol. The molecule has 6 heteroatoms. The normalized spacial score (nSPS) is 11.0. The lowest BCUT2D eigenvalue weighted by Gasteiger charge is -2.19. The van der Waals surface area contributed by atoms with E-state index in [0.717, 1.165) is 27.2 Å². The number of carbonyl (C=O) groups is 1. The summed E-state index contributed by atoms with van der Waals surface area (Å²) in [5.41, 5.74) is 3.95. The number of thiazole rings is 1. The highest BCUT2D eigenvalue weighted by Crippen LogP contribution is 2.31. The first-order valence-corrected chi connectivity index (χ1v) is 11.7. The van der Waals surface area contributed by atoms with Crippen molar-refractivity contribution in [3.05, 3.63) is 83.7 Å². The van der Waals surface area contributed by atoms with E-state index in [0.29, 0.717) is 18.1 Å². The number of pyridine rings is 1. The summed E-state index contributed by atoms with van der Waals surface area (Å²) < 4.78 is 1.09. The molecule has 0 bridgehead atoms. The van der Waals surface area contributed by atoms with Gasteiger partial charge in [-0.2, -0.15) is 0 Å². The van der Waals surface area contributed by atoms with Gasteiger partial charge in [0.1, 0.15) is 0 Å². The van der Waals surface area contributed by atoms with Gasteiger partial charge in [0.2, 0.25) is 5.91 Å². The van der Waals surface area contributed by atoms with Gasteiger partial charge in [-0.3, -0.25) is 14.7 Å². The molecule has 0 aliphatic carbocycles. The molecule has 4 aromatic rings. The molecule has 0 N–H and O–H groups in total. The molecule has 4 nitrogen and oxygen atoms in total. The minimum atomic E-state index is 0.0207. The minimum absolute atomic E-state index is 0.0207. The fraction of sp³-hybridized carbons (Fsp3) is 0.208. The number of hydrogen-bond acceptors (Lipinski definition) is 5. The van der Waals surface area contributed by atoms with Crippen LogP contribution in [0.2, 0.25) is 0 Å². The van der Waals surface area contributed by atoms with E-state index in [-0.39, 0.29) is 5.91 Å². The molecule has 0 atom stereocenters. The fourth-order valence-electron chi connectivity index (χ4n) is 3.19. The highest BCUT2D eigenvalue weighted by atomic mass is 32.2. The van der Waals surface area contributed by atoms with Crippen LogP contribution in [0, 0.1) is 6.92 Å². The third kappa shape index (κ3) is 4.89. The van der Waals surface area contributed by atoms with Crippen molar-refractivity contribution in [2.75, 3.05) is 10.7 Å². The number of hydrogen-bond donors (Lipinski definition) is 0. The summed E-state index contributed by atoms with van der Waals surface area (Å²) in [6.45, 7) is 4.61. The Balaban J connectivity index is 1.62. The number of benzene rings is 2. The van der Waals surface area contributed by atoms with Crippen LogP contribution in [-0.4, -0.2) is 21.6 Å². The quantitative estimate of drug-likeness (QED) is 0.341. The average molecular weight is 434 g/mol. The molecule has 0 saturated carbocycles. The lowest BCUT2D eigenvalue weighted by atomic mass is 10.1. The number of thioether (sulfide) groups is 1. The summed E-state index contributed by atoms with van der Waals surface area (Å²) in [6.07, 6.45) is 2.09. The Bertz CT molecular complexity index is 1140. The Morgan fingerprint density at radius 3 is 2.67 bits per heavy atom. The maximum Gasteiger partial charge on any atom is 0.233 e. The average Bonchev–Trinajstić information content (AvgIpc) is 3.17. The van der Waals surface area contributed by atoms with Gasteiger partial charge in [0.15, 0.2) is 5.13 Å². The van der Waals surface area contributed by atoms with Crippen LogP contribution >= 0.6 is 23.1 Å². The number of nitrogens with zero attached hydrogens (tertiary/aromatic N) is 3. The molecule has 2 aromatic heterocycles. The van der Waals surface area contributed by atoms with Crippen molar-refractivity contribution in [2.24, 2.45) is 0 Å². The zero-order valence-corrected chi connectivity index (χ0v) is 18.7. The molecule has 30 heavy (non-hydrogen) atoms. The number of aryl methyl sites for hydroxylation is 1. The van der Waals surface area contributed by atoms with Crippen molar-refractivity contribution >= 4 is 44.4 Å². The van der Waals surface area contributed by atoms with Gasteiger partial charge >= 0.3 is 0 Å². The third-order valence-electron chi connectivity index (χ3n) is 4.70. The molecule has 0 saturated heterocycles. The van der Waals surface area contributed by atoms with Crippen LogP contribution in [0.5, 0.6) is 0 Å². The number of carbonyl (C=O) groups excluding carboxylic acids is 1. The molecule has 1 amide bonds. The number of rotatable bonds is 7. The van der Waals surface area contributed by atoms with Gasteiger partial charge in [0.25, 0.3) is 0 Å². The second-order valence-corrected chi connectivity index (χ2v) is 9.37. The van der Waals surface area contributed by atoms with E-state index in [9.17, 15) is 4.79 Å². The molecule has 0 aliphatic rings. The van der Waals surface area contributed by atoms with Crippen molar-refractivity contribution in [3.8, 4) is 0 Å². The molecule has 4 rings (SSSR count). The van der Waals surface area contributed by atoms with Gasteiger partial charge in [-0.15, -0.1) is 11.8 Å². The van der Waals surface area contributed by atoms with Gasteiger partial charge in [-0.05, 0) is 60.2 Å². The molecule has 152 valence electrons. The SMILES string of the molecule is CCSc1ccc(CC(=O)N(Cc2ccccn2)c2nc3ccc(C)cc3s2)cc1. The Labute approximate surface area is 185 Å². The van der Waals surface area contributed by atoms with Gasteiger partial charge in [-0.1, -0.05) is 42.5 Å². The van der Waals surface area contributed by atoms with E-state index in [2.05, 4.69) is 37.0 Å². The van der Waals surface area contributed by atoms with Crippen molar-refractivity contribution in [2.45, 2.75) is 31.7 Å². The summed E-state index contributed by atoms with van der Waals surface area (Å²) in [6, 6.07) is 20.2. The van der Waals surface area contributed by atoms with E-state index >= 15 is 0 Å². The monoisotopic (exact) mass is 433 g/mol. The van der Waals surface area contributed by atoms with Crippen molar-refractivity contribution in [1.29, 1.82) is 0 Å². The highest BCUT2D eigenvalue weighted by molar-refractivity contribution is 7.99. The lowest BCUT2D eigenvalue weighted by molar-refractivity contribution is -0.118. The number of fused-ring (bicyclic) bond motifs is 1. The molecule has 2 aromatic carbocycles. The number of anilines is 1. The molecule has 0 aliphatic heterocycles. The van der Waals surface area contributed by atoms with E-state index < -0.39 is 0 Å². The summed E-state index contributed by atoms with van der Waals surface area (Å²) in [4.78, 5) is 25.5. The van der Waals surface area contributed by atoms with E-state index in [4.69, 9.17) is 4.98 Å². The lowest BCUT2D eigenvalue weighted by Crippen LogP contribution is -2.32. The second-order valence-electron chi connectivity index (χ2n) is 7.02. The predicted molar refractivity (Wildman–Crippen MR) is 126 cm³/mol. The van der Waals surface area contributed by atoms with Crippen LogP contribution in [-0.2, 0) is 17.8 Å². The molecule has 0 radical (unpaired) electrons. The summed E-state index contributed by atoms with van der Waals surface area (Å²) in [5, 5.41) is 0.712. The summed E-state index contributed by atoms with van der Waals surface area (Å²) in [5.74, 6) is 1.06. The molecule has 0 fully saturated rings. The standard InChI is InChI=1S/C24H23N3OS2/c1-3-29-20-10-8-18(9-11-20)15-23(28)27(16-19-6-4-5-13-25-19)24-26-21-12-7-17(2)14-22(21)30-24/h4-14H,3,15-16H2,1-2H3. The third-order valence-corrected chi connectivity index (χ3v) is 6.64. The van der Waals surface area contributed by atoms with Crippen LogP contribution in [0.15, 0.2) is 71.8 Å². The Hall–Kier alpha value is -2.70. The van der Waals surface area contributed by atoms with Crippen molar-refractivity contribution in [1.82, 2.24) is 9.97 Å². The maximum absolute atomic E-state index is 13.3. The zero-order valence-electron chi connectivity index (χ0n) is 17.0. The van der Waals surface area contributed by atoms with E-state index in [1.807, 2.05) is 42.5 Å². The Morgan fingerprint density at radius 2 is 1.93 bits per heavy atom. The van der Waals surface area contributed by atoms with E-state index in [1.165, 1.54) is 10.5 Å². The first-order valence-electron chi connectivity index (χ1n) is 9.91. The number of amides is 1. The topological polar surface area (TPSA) is 46.1 Å². The molecule has 2 heterocycles. The van der Waals surface area contributed by atoms with Crippen LogP contribution in [0.4, 0.5) is 5.13 Å². The second kappa shape index (κ2) is 9.41. The van der Waals surface area contributed by atoms with E-state index in [1.54, 1.807) is 34.2 Å². The van der Waals surface area contributed by atoms with Crippen LogP contribution in [0.3, 0.4) is 0 Å². The molecular formula is C24H23N3OS2. The Kier molecular flexibility index (Phi) is 6.45. The largest absolute Gasteiger partial charge is 0.282 e. The van der Waals surface area contributed by atoms with Crippen LogP contribution < -0.4 is 4.90 Å². The van der Waals surface area contributed by atoms with Gasteiger partial charge < -0.3 is 0 Å². The first-order chi connectivity index (χ1) is 14.6. The van der Waals surface area contributed by atoms with Gasteiger partial charge in [0, 0.05) is 11.1 Å². The van der Waals surface area contributed by atoms with Crippen molar-refractivity contribution in [3.63, 3.8) is 0 Å². The maximum atomic E-state index is 13.3. The number of aromatic nitrogens is 2.